The first-order valence-electron chi connectivity index (χ1n) is 13.2. The maximum absolute atomic E-state index is 5.58. The average molecular weight is 478 g/mol. The Morgan fingerprint density at radius 2 is 1.89 bits per heavy atom. The molecule has 4 aromatic rings. The van der Waals surface area contributed by atoms with Crippen molar-refractivity contribution >= 4 is 21.5 Å². The summed E-state index contributed by atoms with van der Waals surface area (Å²) in [6.45, 7) is 16.7. The van der Waals surface area contributed by atoms with Gasteiger partial charge in [0.15, 0.2) is 12.2 Å². The molecule has 0 bridgehead atoms. The fourth-order valence-corrected chi connectivity index (χ4v) is 6.86. The van der Waals surface area contributed by atoms with Crippen molar-refractivity contribution in [2.24, 2.45) is 5.41 Å². The van der Waals surface area contributed by atoms with E-state index in [1.54, 1.807) is 7.11 Å². The van der Waals surface area contributed by atoms with Crippen molar-refractivity contribution in [1.82, 2.24) is 4.98 Å². The monoisotopic (exact) mass is 477 g/mol. The molecule has 2 unspecified atom stereocenters. The van der Waals surface area contributed by atoms with Gasteiger partial charge in [0.05, 0.1) is 22.6 Å². The minimum atomic E-state index is -0.226. The fourth-order valence-electron chi connectivity index (χ4n) is 6.86. The molecule has 0 radical (unpaired) electrons. The summed E-state index contributed by atoms with van der Waals surface area (Å²) in [6.07, 6.45) is 6.33. The van der Waals surface area contributed by atoms with Crippen LogP contribution in [0.15, 0.2) is 61.3 Å². The molecule has 0 fully saturated rings. The van der Waals surface area contributed by atoms with E-state index < -0.39 is 0 Å². The molecule has 2 aliphatic rings. The first-order chi connectivity index (χ1) is 17.2. The number of pyridine rings is 2. The van der Waals surface area contributed by atoms with Gasteiger partial charge in [-0.25, -0.2) is 0 Å². The van der Waals surface area contributed by atoms with Crippen LogP contribution in [-0.2, 0) is 16.6 Å². The number of nitrogens with zero attached hydrogens (tertiary/aromatic N) is 2. The third-order valence-electron chi connectivity index (χ3n) is 8.27. The first-order valence-corrected chi connectivity index (χ1v) is 13.2. The zero-order chi connectivity index (χ0) is 25.4. The molecule has 0 N–H and O–H groups in total. The van der Waals surface area contributed by atoms with Crippen molar-refractivity contribution in [3.8, 4) is 11.3 Å². The van der Waals surface area contributed by atoms with E-state index in [4.69, 9.17) is 9.72 Å². The number of ether oxygens (including phenoxy) is 1. The van der Waals surface area contributed by atoms with Crippen LogP contribution in [0.4, 0.5) is 0 Å². The van der Waals surface area contributed by atoms with Gasteiger partial charge in [0.2, 0.25) is 5.69 Å². The van der Waals surface area contributed by atoms with Crippen LogP contribution in [0.1, 0.15) is 75.5 Å². The van der Waals surface area contributed by atoms with Crippen molar-refractivity contribution < 1.29 is 9.30 Å². The molecule has 6 rings (SSSR count). The predicted molar refractivity (Wildman–Crippen MR) is 149 cm³/mol. The van der Waals surface area contributed by atoms with Gasteiger partial charge in [0.25, 0.3) is 0 Å². The molecule has 3 heterocycles. The molecular weight excluding hydrogens is 440 g/mol. The third-order valence-corrected chi connectivity index (χ3v) is 8.27. The molecule has 0 saturated heterocycles. The van der Waals surface area contributed by atoms with E-state index in [1.165, 1.54) is 55.3 Å². The summed E-state index contributed by atoms with van der Waals surface area (Å²) >= 11 is 0. The Morgan fingerprint density at radius 1 is 1.11 bits per heavy atom. The number of hydrogen-bond donors (Lipinski definition) is 0. The molecule has 1 aliphatic heterocycles. The quantitative estimate of drug-likeness (QED) is 0.221. The first kappa shape index (κ1) is 23.4. The van der Waals surface area contributed by atoms with Crippen molar-refractivity contribution in [2.75, 3.05) is 13.7 Å². The lowest BCUT2D eigenvalue weighted by molar-refractivity contribution is -0.706. The molecule has 2 atom stereocenters. The van der Waals surface area contributed by atoms with Gasteiger partial charge in [-0.2, -0.15) is 4.57 Å². The summed E-state index contributed by atoms with van der Waals surface area (Å²) in [5.74, 6) is 0.307. The summed E-state index contributed by atoms with van der Waals surface area (Å²) in [4.78, 5) is 5.43. The molecule has 36 heavy (non-hydrogen) atoms. The molecule has 3 nitrogen and oxygen atoms in total. The SMILES string of the molecule is C=CC1C(CCOC)c2cc3ccccc3c3c2-c2c4c(nc(CC(C)(C)C)cc4cc[n+]21)C3(C)C. The summed E-state index contributed by atoms with van der Waals surface area (Å²) in [5, 5.41) is 5.24. The second kappa shape index (κ2) is 7.98. The Balaban J connectivity index is 1.78. The lowest BCUT2D eigenvalue weighted by atomic mass is 9.65. The van der Waals surface area contributed by atoms with E-state index in [1.807, 2.05) is 0 Å². The Morgan fingerprint density at radius 3 is 2.61 bits per heavy atom. The second-order valence-corrected chi connectivity index (χ2v) is 12.4. The van der Waals surface area contributed by atoms with Crippen LogP contribution in [0.25, 0.3) is 32.8 Å². The lowest BCUT2D eigenvalue weighted by Crippen LogP contribution is -2.49. The van der Waals surface area contributed by atoms with Crippen molar-refractivity contribution in [3.05, 3.63) is 83.8 Å². The van der Waals surface area contributed by atoms with Crippen LogP contribution in [0.2, 0.25) is 0 Å². The van der Waals surface area contributed by atoms with Crippen LogP contribution in [0, 0.1) is 5.41 Å². The number of allylic oxidation sites excluding steroid dienone is 1. The molecule has 2 aromatic heterocycles. The largest absolute Gasteiger partial charge is 0.385 e. The molecule has 1 aliphatic carbocycles. The van der Waals surface area contributed by atoms with Crippen LogP contribution < -0.4 is 4.57 Å². The standard InChI is InChI=1S/C33H37N2O/c1-8-26-24(14-16-36-7)25-18-20-11-9-10-12-23(20)29-28(25)30-27-21(13-15-35(26)30)17-22(19-32(2,3)4)34-31(27)33(29,5)6/h8-13,15,17-18,24,26H,1,14,16,19H2,2-7H3/q+1. The van der Waals surface area contributed by atoms with Crippen molar-refractivity contribution in [1.29, 1.82) is 0 Å². The topological polar surface area (TPSA) is 26.0 Å². The van der Waals surface area contributed by atoms with E-state index in [2.05, 4.69) is 101 Å². The molecule has 0 amide bonds. The maximum atomic E-state index is 5.58. The van der Waals surface area contributed by atoms with E-state index in [9.17, 15) is 0 Å². The van der Waals surface area contributed by atoms with Gasteiger partial charge >= 0.3 is 0 Å². The van der Waals surface area contributed by atoms with Crippen LogP contribution in [-0.4, -0.2) is 18.7 Å². The number of benzene rings is 2. The Kier molecular flexibility index (Phi) is 5.18. The molecular formula is C33H37N2O+. The summed E-state index contributed by atoms with van der Waals surface area (Å²) in [6, 6.07) is 16.1. The van der Waals surface area contributed by atoms with Gasteiger partial charge in [0.1, 0.15) is 0 Å². The number of fused-ring (bicyclic) bond motifs is 2. The molecule has 2 aromatic carbocycles. The van der Waals surface area contributed by atoms with E-state index >= 15 is 0 Å². The number of methoxy groups -OCH3 is 1. The minimum absolute atomic E-state index is 0.171. The fraction of sp³-hybridized carbons (Fsp3) is 0.394. The molecule has 184 valence electrons. The van der Waals surface area contributed by atoms with Gasteiger partial charge in [-0.1, -0.05) is 65.5 Å². The zero-order valence-electron chi connectivity index (χ0n) is 22.5. The van der Waals surface area contributed by atoms with Crippen LogP contribution in [0.3, 0.4) is 0 Å². The third kappa shape index (κ3) is 3.29. The van der Waals surface area contributed by atoms with E-state index in [0.29, 0.717) is 5.92 Å². The predicted octanol–water partition coefficient (Wildman–Crippen LogP) is 7.43. The number of aromatic nitrogens is 2. The van der Waals surface area contributed by atoms with Gasteiger partial charge in [-0.3, -0.25) is 4.98 Å². The van der Waals surface area contributed by atoms with Crippen LogP contribution in [0.5, 0.6) is 0 Å². The van der Waals surface area contributed by atoms with Gasteiger partial charge < -0.3 is 4.74 Å². The smallest absolute Gasteiger partial charge is 0.223 e. The van der Waals surface area contributed by atoms with E-state index in [0.717, 1.165) is 19.4 Å². The van der Waals surface area contributed by atoms with Gasteiger partial charge in [-0.05, 0) is 63.8 Å². The Bertz CT molecular complexity index is 1540. The van der Waals surface area contributed by atoms with Gasteiger partial charge in [-0.15, -0.1) is 0 Å². The van der Waals surface area contributed by atoms with Crippen molar-refractivity contribution in [3.63, 3.8) is 0 Å². The maximum Gasteiger partial charge on any atom is 0.223 e. The highest BCUT2D eigenvalue weighted by molar-refractivity contribution is 6.05. The minimum Gasteiger partial charge on any atom is -0.385 e. The normalized spacial score (nSPS) is 19.6. The van der Waals surface area contributed by atoms with Gasteiger partial charge in [0, 0.05) is 30.9 Å². The summed E-state index contributed by atoms with van der Waals surface area (Å²) in [5.41, 5.74) is 7.89. The Labute approximate surface area is 214 Å². The summed E-state index contributed by atoms with van der Waals surface area (Å²) < 4.78 is 8.05. The van der Waals surface area contributed by atoms with E-state index in [-0.39, 0.29) is 16.9 Å². The highest BCUT2D eigenvalue weighted by Gasteiger charge is 2.48. The Hall–Kier alpha value is -3.04. The van der Waals surface area contributed by atoms with Crippen LogP contribution >= 0.6 is 0 Å². The number of rotatable bonds is 5. The molecule has 0 saturated carbocycles. The summed E-state index contributed by atoms with van der Waals surface area (Å²) in [7, 11) is 1.80. The lowest BCUT2D eigenvalue weighted by Gasteiger charge is -2.39. The highest BCUT2D eigenvalue weighted by atomic mass is 16.5. The molecule has 3 heteroatoms. The highest BCUT2D eigenvalue weighted by Crippen LogP contribution is 2.55. The number of hydrogen-bond acceptors (Lipinski definition) is 2. The molecule has 0 spiro atoms. The van der Waals surface area contributed by atoms with Crippen molar-refractivity contribution in [2.45, 2.75) is 64.8 Å². The average Bonchev–Trinajstić information content (AvgIpc) is 2.83. The zero-order valence-corrected chi connectivity index (χ0v) is 22.5. The second-order valence-electron chi connectivity index (χ2n) is 12.4.